The van der Waals surface area contributed by atoms with Gasteiger partial charge in [0.1, 0.15) is 0 Å². The maximum absolute atomic E-state index is 8.63. The average molecular weight is 523 g/mol. The van der Waals surface area contributed by atoms with Crippen LogP contribution in [0.25, 0.3) is 0 Å². The minimum absolute atomic E-state index is 0.0560. The van der Waals surface area contributed by atoms with Crippen LogP contribution in [0.4, 0.5) is 0 Å². The van der Waals surface area contributed by atoms with Gasteiger partial charge in [-0.15, -0.1) is 13.2 Å². The standard InChI is InChI=1S/C10H20O3.C9H18O3.C8H16O3/c1-9(2)4-5-12-6-7-13-10(3)8-11;1-8(2)7-11-4-5-12-9(3)6-10;1-3-4-10-5-6-11-8(2)7-9/h10-11H,1,4-8H2,2-3H3;9-10H,1,4-7H2,2-3H3;3,8-9H,1,4-7H2,2H3. The first-order valence-corrected chi connectivity index (χ1v) is 12.4. The van der Waals surface area contributed by atoms with E-state index in [1.807, 2.05) is 34.6 Å². The molecule has 0 saturated heterocycles. The van der Waals surface area contributed by atoms with Gasteiger partial charge in [0.25, 0.3) is 0 Å². The highest BCUT2D eigenvalue weighted by atomic mass is 16.5. The summed E-state index contributed by atoms with van der Waals surface area (Å²) in [5.41, 5.74) is 2.13. The summed E-state index contributed by atoms with van der Waals surface area (Å²) < 4.78 is 31.0. The molecule has 0 aromatic heterocycles. The Morgan fingerprint density at radius 3 is 1.42 bits per heavy atom. The lowest BCUT2D eigenvalue weighted by Crippen LogP contribution is -2.16. The summed E-state index contributed by atoms with van der Waals surface area (Å²) in [6, 6.07) is 0. The van der Waals surface area contributed by atoms with Crippen LogP contribution in [0.3, 0.4) is 0 Å². The highest BCUT2D eigenvalue weighted by Crippen LogP contribution is 1.95. The average Bonchev–Trinajstić information content (AvgIpc) is 2.85. The van der Waals surface area contributed by atoms with Gasteiger partial charge in [-0.25, -0.2) is 0 Å². The maximum atomic E-state index is 8.63. The first-order valence-electron chi connectivity index (χ1n) is 12.4. The van der Waals surface area contributed by atoms with Crippen molar-refractivity contribution in [1.29, 1.82) is 0 Å². The number of aliphatic hydroxyl groups excluding tert-OH is 3. The van der Waals surface area contributed by atoms with Crippen molar-refractivity contribution in [2.45, 2.75) is 59.4 Å². The molecule has 3 N–H and O–H groups in total. The molecular formula is C27H54O9. The normalized spacial score (nSPS) is 12.9. The van der Waals surface area contributed by atoms with Crippen molar-refractivity contribution in [3.05, 3.63) is 37.0 Å². The van der Waals surface area contributed by atoms with E-state index in [1.165, 1.54) is 0 Å². The number of rotatable bonds is 22. The van der Waals surface area contributed by atoms with Gasteiger partial charge in [0, 0.05) is 0 Å². The van der Waals surface area contributed by atoms with Gasteiger partial charge in [-0.05, 0) is 41.0 Å². The molecule has 0 aliphatic heterocycles. The lowest BCUT2D eigenvalue weighted by atomic mass is 10.3. The van der Waals surface area contributed by atoms with E-state index in [0.717, 1.165) is 17.6 Å². The third-order valence-electron chi connectivity index (χ3n) is 3.92. The third-order valence-corrected chi connectivity index (χ3v) is 3.92. The van der Waals surface area contributed by atoms with Gasteiger partial charge in [0.15, 0.2) is 0 Å². The summed E-state index contributed by atoms with van der Waals surface area (Å²) >= 11 is 0. The molecule has 0 aromatic rings. The largest absolute Gasteiger partial charge is 0.394 e. The van der Waals surface area contributed by atoms with E-state index in [4.69, 9.17) is 43.7 Å². The Morgan fingerprint density at radius 2 is 1.06 bits per heavy atom. The van der Waals surface area contributed by atoms with Crippen molar-refractivity contribution in [3.8, 4) is 0 Å². The zero-order valence-electron chi connectivity index (χ0n) is 23.4. The molecular weight excluding hydrogens is 468 g/mol. The van der Waals surface area contributed by atoms with Crippen LogP contribution < -0.4 is 0 Å². The van der Waals surface area contributed by atoms with Gasteiger partial charge in [0.05, 0.1) is 97.6 Å². The number of hydrogen-bond donors (Lipinski definition) is 3. The fourth-order valence-electron chi connectivity index (χ4n) is 1.84. The number of hydrogen-bond acceptors (Lipinski definition) is 9. The second kappa shape index (κ2) is 31.9. The molecule has 3 atom stereocenters. The van der Waals surface area contributed by atoms with Crippen molar-refractivity contribution in [2.24, 2.45) is 0 Å². The van der Waals surface area contributed by atoms with E-state index >= 15 is 0 Å². The molecule has 0 rings (SSSR count). The Hall–Kier alpha value is -1.14. The minimum Gasteiger partial charge on any atom is -0.394 e. The topological polar surface area (TPSA) is 116 Å². The summed E-state index contributed by atoms with van der Waals surface area (Å²) in [6.07, 6.45) is 2.30. The SMILES string of the molecule is C=C(C)CCOCCOC(C)CO.C=C(C)COCCOC(C)CO.C=CCOCCOC(C)CO. The van der Waals surface area contributed by atoms with Crippen molar-refractivity contribution in [1.82, 2.24) is 0 Å². The minimum atomic E-state index is -0.0987. The zero-order valence-corrected chi connectivity index (χ0v) is 23.4. The van der Waals surface area contributed by atoms with Crippen molar-refractivity contribution in [3.63, 3.8) is 0 Å². The highest BCUT2D eigenvalue weighted by molar-refractivity contribution is 4.87. The van der Waals surface area contributed by atoms with Gasteiger partial charge < -0.3 is 43.7 Å². The van der Waals surface area contributed by atoms with Crippen molar-refractivity contribution >= 4 is 0 Å². The molecule has 9 heteroatoms. The maximum Gasteiger partial charge on any atom is 0.0778 e. The third kappa shape index (κ3) is 40.0. The molecule has 0 fully saturated rings. The molecule has 0 radical (unpaired) electrons. The Morgan fingerprint density at radius 1 is 0.639 bits per heavy atom. The molecule has 3 unspecified atom stereocenters. The van der Waals surface area contributed by atoms with E-state index in [1.54, 1.807) is 6.08 Å². The van der Waals surface area contributed by atoms with E-state index in [2.05, 4.69) is 19.7 Å². The molecule has 0 spiro atoms. The Kier molecular flexibility index (Phi) is 34.9. The van der Waals surface area contributed by atoms with Gasteiger partial charge in [-0.1, -0.05) is 23.8 Å². The van der Waals surface area contributed by atoms with E-state index in [9.17, 15) is 0 Å². The Labute approximate surface area is 219 Å². The summed E-state index contributed by atoms with van der Waals surface area (Å²) in [6.45, 7) is 25.6. The molecule has 0 heterocycles. The monoisotopic (exact) mass is 522 g/mol. The van der Waals surface area contributed by atoms with Crippen LogP contribution >= 0.6 is 0 Å². The lowest BCUT2D eigenvalue weighted by molar-refractivity contribution is -0.00981. The molecule has 36 heavy (non-hydrogen) atoms. The van der Waals surface area contributed by atoms with Crippen molar-refractivity contribution in [2.75, 3.05) is 79.3 Å². The van der Waals surface area contributed by atoms with Gasteiger partial charge in [0.2, 0.25) is 0 Å². The lowest BCUT2D eigenvalue weighted by Gasteiger charge is -2.09. The van der Waals surface area contributed by atoms with Crippen LogP contribution in [0.5, 0.6) is 0 Å². The van der Waals surface area contributed by atoms with Crippen LogP contribution in [0.1, 0.15) is 41.0 Å². The predicted octanol–water partition coefficient (Wildman–Crippen LogP) is 2.93. The zero-order chi connectivity index (χ0) is 28.0. The van der Waals surface area contributed by atoms with Crippen molar-refractivity contribution < 1.29 is 43.7 Å². The Balaban J connectivity index is -0.000000455. The number of aliphatic hydroxyl groups is 3. The van der Waals surface area contributed by atoms with Crippen LogP contribution in [0, 0.1) is 0 Å². The molecule has 0 aliphatic carbocycles. The van der Waals surface area contributed by atoms with E-state index in [-0.39, 0.29) is 38.1 Å². The second-order valence-electron chi connectivity index (χ2n) is 8.28. The van der Waals surface area contributed by atoms with Gasteiger partial charge in [-0.3, -0.25) is 0 Å². The first kappa shape index (κ1) is 39.4. The van der Waals surface area contributed by atoms with Crippen LogP contribution in [0.15, 0.2) is 37.0 Å². The van der Waals surface area contributed by atoms with Gasteiger partial charge >= 0.3 is 0 Å². The summed E-state index contributed by atoms with van der Waals surface area (Å²) in [7, 11) is 0. The summed E-state index contributed by atoms with van der Waals surface area (Å²) in [5.74, 6) is 0. The fraction of sp³-hybridized carbons (Fsp3) is 0.778. The van der Waals surface area contributed by atoms with Gasteiger partial charge in [-0.2, -0.15) is 0 Å². The van der Waals surface area contributed by atoms with Crippen LogP contribution in [-0.2, 0) is 28.4 Å². The first-order chi connectivity index (χ1) is 17.1. The second-order valence-corrected chi connectivity index (χ2v) is 8.28. The molecule has 0 aliphatic rings. The number of ether oxygens (including phenoxy) is 6. The molecule has 0 aromatic carbocycles. The molecule has 9 nitrogen and oxygen atoms in total. The van der Waals surface area contributed by atoms with Crippen LogP contribution in [0.2, 0.25) is 0 Å². The fourth-order valence-corrected chi connectivity index (χ4v) is 1.84. The summed E-state index contributed by atoms with van der Waals surface area (Å²) in [4.78, 5) is 0. The molecule has 0 saturated carbocycles. The smallest absolute Gasteiger partial charge is 0.0778 e. The van der Waals surface area contributed by atoms with E-state index < -0.39 is 0 Å². The molecule has 0 amide bonds. The Bertz CT molecular complexity index is 486. The van der Waals surface area contributed by atoms with Crippen LogP contribution in [-0.4, -0.2) is 113 Å². The predicted molar refractivity (Wildman–Crippen MR) is 144 cm³/mol. The summed E-state index contributed by atoms with van der Waals surface area (Å²) in [5, 5.41) is 25.8. The van der Waals surface area contributed by atoms with E-state index in [0.29, 0.717) is 59.5 Å². The quantitative estimate of drug-likeness (QED) is 0.146. The molecule has 0 bridgehead atoms. The highest BCUT2D eigenvalue weighted by Gasteiger charge is 1.99. The molecule has 216 valence electrons.